The molecule has 2 rings (SSSR count). The molecule has 0 bridgehead atoms. The third-order valence-corrected chi connectivity index (χ3v) is 3.91. The normalized spacial score (nSPS) is 10.9. The molecule has 0 aromatic carbocycles. The summed E-state index contributed by atoms with van der Waals surface area (Å²) in [6.45, 7) is 0.815. The first kappa shape index (κ1) is 10.9. The topological polar surface area (TPSA) is 29.9 Å². The van der Waals surface area contributed by atoms with Gasteiger partial charge in [-0.15, -0.1) is 11.3 Å². The Kier molecular flexibility index (Phi) is 3.23. The zero-order valence-electron chi connectivity index (χ0n) is 8.62. The lowest BCUT2D eigenvalue weighted by atomic mass is 10.3. The van der Waals surface area contributed by atoms with Gasteiger partial charge < -0.3 is 5.32 Å². The molecule has 5 heteroatoms. The SMILES string of the molecule is CNCc1c(Br)c(-c2cccs2)nn1C. The van der Waals surface area contributed by atoms with Crippen LogP contribution in [0.25, 0.3) is 10.6 Å². The average molecular weight is 286 g/mol. The lowest BCUT2D eigenvalue weighted by Gasteiger charge is -1.99. The third-order valence-electron chi connectivity index (χ3n) is 2.20. The summed E-state index contributed by atoms with van der Waals surface area (Å²) in [5.41, 5.74) is 2.19. The minimum Gasteiger partial charge on any atom is -0.314 e. The highest BCUT2D eigenvalue weighted by molar-refractivity contribution is 9.10. The largest absolute Gasteiger partial charge is 0.314 e. The Morgan fingerprint density at radius 3 is 3.00 bits per heavy atom. The lowest BCUT2D eigenvalue weighted by molar-refractivity contribution is 0.672. The summed E-state index contributed by atoms with van der Waals surface area (Å²) < 4.78 is 3.00. The van der Waals surface area contributed by atoms with Gasteiger partial charge in [0.1, 0.15) is 5.69 Å². The van der Waals surface area contributed by atoms with Crippen molar-refractivity contribution in [1.29, 1.82) is 0 Å². The smallest absolute Gasteiger partial charge is 0.117 e. The number of rotatable bonds is 3. The molecule has 0 saturated heterocycles. The summed E-state index contributed by atoms with van der Waals surface area (Å²) in [4.78, 5) is 1.19. The van der Waals surface area contributed by atoms with Crippen molar-refractivity contribution < 1.29 is 0 Å². The Hall–Kier alpha value is -0.650. The molecule has 2 aromatic heterocycles. The van der Waals surface area contributed by atoms with E-state index in [0.717, 1.165) is 16.7 Å². The average Bonchev–Trinajstić information content (AvgIpc) is 2.81. The van der Waals surface area contributed by atoms with Gasteiger partial charge in [-0.1, -0.05) is 6.07 Å². The summed E-state index contributed by atoms with van der Waals surface area (Å²) in [6.07, 6.45) is 0. The van der Waals surface area contributed by atoms with Crippen molar-refractivity contribution in [1.82, 2.24) is 15.1 Å². The molecule has 0 spiro atoms. The van der Waals surface area contributed by atoms with Crippen LogP contribution < -0.4 is 5.32 Å². The molecule has 0 atom stereocenters. The zero-order valence-corrected chi connectivity index (χ0v) is 11.0. The van der Waals surface area contributed by atoms with Gasteiger partial charge in [-0.25, -0.2) is 0 Å². The van der Waals surface area contributed by atoms with E-state index < -0.39 is 0 Å². The Morgan fingerprint density at radius 2 is 2.40 bits per heavy atom. The highest BCUT2D eigenvalue weighted by Crippen LogP contribution is 2.32. The van der Waals surface area contributed by atoms with Crippen molar-refractivity contribution in [3.8, 4) is 10.6 Å². The first-order valence-electron chi connectivity index (χ1n) is 4.64. The molecule has 2 aromatic rings. The van der Waals surface area contributed by atoms with E-state index in [9.17, 15) is 0 Å². The number of halogens is 1. The molecule has 0 aliphatic heterocycles. The Labute approximate surface area is 101 Å². The first-order chi connectivity index (χ1) is 7.24. The molecule has 0 saturated carbocycles. The van der Waals surface area contributed by atoms with Gasteiger partial charge in [-0.3, -0.25) is 4.68 Å². The van der Waals surface area contributed by atoms with Crippen LogP contribution in [-0.4, -0.2) is 16.8 Å². The van der Waals surface area contributed by atoms with Crippen LogP contribution in [-0.2, 0) is 13.6 Å². The van der Waals surface area contributed by atoms with Crippen LogP contribution in [0.15, 0.2) is 22.0 Å². The highest BCUT2D eigenvalue weighted by Gasteiger charge is 2.14. The van der Waals surface area contributed by atoms with E-state index >= 15 is 0 Å². The molecule has 2 heterocycles. The van der Waals surface area contributed by atoms with Gasteiger partial charge >= 0.3 is 0 Å². The minimum absolute atomic E-state index is 0.815. The second-order valence-electron chi connectivity index (χ2n) is 3.24. The van der Waals surface area contributed by atoms with E-state index in [1.807, 2.05) is 24.8 Å². The summed E-state index contributed by atoms with van der Waals surface area (Å²) >= 11 is 5.31. The van der Waals surface area contributed by atoms with Gasteiger partial charge in [0, 0.05) is 13.6 Å². The number of aryl methyl sites for hydroxylation is 1. The van der Waals surface area contributed by atoms with Crippen molar-refractivity contribution >= 4 is 27.3 Å². The van der Waals surface area contributed by atoms with Gasteiger partial charge in [0.2, 0.25) is 0 Å². The molecule has 0 amide bonds. The Balaban J connectivity index is 2.46. The van der Waals surface area contributed by atoms with Crippen LogP contribution in [0.4, 0.5) is 0 Å². The van der Waals surface area contributed by atoms with Crippen LogP contribution in [0.1, 0.15) is 5.69 Å². The summed E-state index contributed by atoms with van der Waals surface area (Å²) in [7, 11) is 3.90. The number of thiophene rings is 1. The van der Waals surface area contributed by atoms with E-state index in [1.165, 1.54) is 10.6 Å². The number of hydrogen-bond acceptors (Lipinski definition) is 3. The van der Waals surface area contributed by atoms with Crippen LogP contribution in [0.2, 0.25) is 0 Å². The number of hydrogen-bond donors (Lipinski definition) is 1. The molecule has 15 heavy (non-hydrogen) atoms. The van der Waals surface area contributed by atoms with E-state index in [4.69, 9.17) is 0 Å². The summed E-state index contributed by atoms with van der Waals surface area (Å²) in [5.74, 6) is 0. The molecule has 3 nitrogen and oxygen atoms in total. The van der Waals surface area contributed by atoms with Crippen molar-refractivity contribution in [2.24, 2.45) is 7.05 Å². The summed E-state index contributed by atoms with van der Waals surface area (Å²) in [6, 6.07) is 4.12. The molecule has 80 valence electrons. The third kappa shape index (κ3) is 2.00. The number of aromatic nitrogens is 2. The zero-order chi connectivity index (χ0) is 10.8. The maximum absolute atomic E-state index is 4.51. The maximum atomic E-state index is 4.51. The molecule has 0 aliphatic rings. The molecule has 0 aliphatic carbocycles. The fourth-order valence-electron chi connectivity index (χ4n) is 1.46. The van der Waals surface area contributed by atoms with Crippen LogP contribution in [0.3, 0.4) is 0 Å². The van der Waals surface area contributed by atoms with E-state index in [-0.39, 0.29) is 0 Å². The molecule has 1 N–H and O–H groups in total. The van der Waals surface area contributed by atoms with Crippen molar-refractivity contribution in [3.05, 3.63) is 27.7 Å². The summed E-state index contributed by atoms with van der Waals surface area (Å²) in [5, 5.41) is 9.71. The fraction of sp³-hybridized carbons (Fsp3) is 0.300. The Bertz CT molecular complexity index is 447. The Morgan fingerprint density at radius 1 is 1.60 bits per heavy atom. The van der Waals surface area contributed by atoms with Crippen LogP contribution in [0, 0.1) is 0 Å². The predicted molar refractivity (Wildman–Crippen MR) is 67.0 cm³/mol. The second kappa shape index (κ2) is 4.47. The van der Waals surface area contributed by atoms with Gasteiger partial charge in [-0.05, 0) is 34.4 Å². The molecular weight excluding hydrogens is 274 g/mol. The van der Waals surface area contributed by atoms with Crippen molar-refractivity contribution in [2.75, 3.05) is 7.05 Å². The minimum atomic E-state index is 0.815. The fourth-order valence-corrected chi connectivity index (χ4v) is 3.00. The quantitative estimate of drug-likeness (QED) is 0.940. The lowest BCUT2D eigenvalue weighted by Crippen LogP contribution is -2.10. The van der Waals surface area contributed by atoms with Crippen molar-refractivity contribution in [2.45, 2.75) is 6.54 Å². The van der Waals surface area contributed by atoms with Gasteiger partial charge in [0.25, 0.3) is 0 Å². The second-order valence-corrected chi connectivity index (χ2v) is 4.98. The van der Waals surface area contributed by atoms with E-state index in [2.05, 4.69) is 37.8 Å². The number of nitrogens with one attached hydrogen (secondary N) is 1. The molecule has 0 unspecified atom stereocenters. The van der Waals surface area contributed by atoms with Gasteiger partial charge in [-0.2, -0.15) is 5.10 Å². The first-order valence-corrected chi connectivity index (χ1v) is 6.31. The van der Waals surface area contributed by atoms with Crippen molar-refractivity contribution in [3.63, 3.8) is 0 Å². The molecule has 0 fully saturated rings. The van der Waals surface area contributed by atoms with E-state index in [0.29, 0.717) is 0 Å². The maximum Gasteiger partial charge on any atom is 0.117 e. The standard InChI is InChI=1S/C10H12BrN3S/c1-12-6-7-9(11)10(13-14(7)2)8-4-3-5-15-8/h3-5,12H,6H2,1-2H3. The predicted octanol–water partition coefficient (Wildman–Crippen LogP) is 2.63. The van der Waals surface area contributed by atoms with Crippen LogP contribution in [0.5, 0.6) is 0 Å². The molecular formula is C10H12BrN3S. The molecule has 0 radical (unpaired) electrons. The van der Waals surface area contributed by atoms with E-state index in [1.54, 1.807) is 11.3 Å². The van der Waals surface area contributed by atoms with Gasteiger partial charge in [0.15, 0.2) is 0 Å². The highest BCUT2D eigenvalue weighted by atomic mass is 79.9. The number of nitrogens with zero attached hydrogens (tertiary/aromatic N) is 2. The van der Waals surface area contributed by atoms with Crippen LogP contribution >= 0.6 is 27.3 Å². The van der Waals surface area contributed by atoms with Gasteiger partial charge in [0.05, 0.1) is 15.0 Å². The monoisotopic (exact) mass is 285 g/mol.